The van der Waals surface area contributed by atoms with Crippen LogP contribution in [0.3, 0.4) is 0 Å². The van der Waals surface area contributed by atoms with E-state index in [1.54, 1.807) is 0 Å². The van der Waals surface area contributed by atoms with Gasteiger partial charge < -0.3 is 15.4 Å². The van der Waals surface area contributed by atoms with Gasteiger partial charge in [0, 0.05) is 18.7 Å². The van der Waals surface area contributed by atoms with E-state index in [0.29, 0.717) is 23.9 Å². The summed E-state index contributed by atoms with van der Waals surface area (Å²) in [6, 6.07) is 0.820. The van der Waals surface area contributed by atoms with Crippen LogP contribution in [0, 0.1) is 11.8 Å². The van der Waals surface area contributed by atoms with Gasteiger partial charge in [-0.05, 0) is 50.9 Å². The second kappa shape index (κ2) is 6.44. The van der Waals surface area contributed by atoms with Crippen LogP contribution < -0.4 is 10.6 Å². The summed E-state index contributed by atoms with van der Waals surface area (Å²) in [5, 5.41) is 6.82. The first-order valence-corrected chi connectivity index (χ1v) is 8.38. The zero-order chi connectivity index (χ0) is 13.9. The lowest BCUT2D eigenvalue weighted by Crippen LogP contribution is -2.59. The van der Waals surface area contributed by atoms with Crippen molar-refractivity contribution < 1.29 is 9.53 Å². The zero-order valence-corrected chi connectivity index (χ0v) is 12.6. The van der Waals surface area contributed by atoms with Gasteiger partial charge in [-0.2, -0.15) is 0 Å². The van der Waals surface area contributed by atoms with Crippen molar-refractivity contribution in [3.63, 3.8) is 0 Å². The Labute approximate surface area is 122 Å². The molecule has 3 fully saturated rings. The van der Waals surface area contributed by atoms with Gasteiger partial charge in [-0.15, -0.1) is 0 Å². The quantitative estimate of drug-likeness (QED) is 0.829. The van der Waals surface area contributed by atoms with Crippen LogP contribution in [0.2, 0.25) is 0 Å². The number of carbonyl (C=O) groups is 1. The summed E-state index contributed by atoms with van der Waals surface area (Å²) < 4.78 is 5.56. The summed E-state index contributed by atoms with van der Waals surface area (Å²) in [5.74, 6) is 1.46. The molecule has 2 N–H and O–H groups in total. The molecule has 20 heavy (non-hydrogen) atoms. The van der Waals surface area contributed by atoms with Crippen LogP contribution in [-0.4, -0.2) is 37.2 Å². The van der Waals surface area contributed by atoms with E-state index >= 15 is 0 Å². The molecule has 114 valence electrons. The number of fused-ring (bicyclic) bond motifs is 1. The summed E-state index contributed by atoms with van der Waals surface area (Å²) in [6.07, 6.45) is 8.45. The van der Waals surface area contributed by atoms with Gasteiger partial charge in [0.15, 0.2) is 0 Å². The Balaban J connectivity index is 1.54. The molecule has 3 rings (SSSR count). The summed E-state index contributed by atoms with van der Waals surface area (Å²) in [5.41, 5.74) is 0. The molecule has 3 aliphatic rings. The lowest BCUT2D eigenvalue weighted by Gasteiger charge is -2.41. The predicted molar refractivity (Wildman–Crippen MR) is 78.4 cm³/mol. The number of piperidine rings is 1. The van der Waals surface area contributed by atoms with Crippen LogP contribution in [0.5, 0.6) is 0 Å². The first kappa shape index (κ1) is 14.3. The SMILES string of the molecule is CC(NC1CC2CCCCC2NC1=O)C1CCCOC1. The molecule has 0 aromatic carbocycles. The topological polar surface area (TPSA) is 50.4 Å². The molecule has 2 saturated heterocycles. The Bertz CT molecular complexity index is 341. The summed E-state index contributed by atoms with van der Waals surface area (Å²) in [7, 11) is 0. The molecule has 0 spiro atoms. The maximum Gasteiger partial charge on any atom is 0.237 e. The van der Waals surface area contributed by atoms with Gasteiger partial charge in [0.25, 0.3) is 0 Å². The highest BCUT2D eigenvalue weighted by atomic mass is 16.5. The highest BCUT2D eigenvalue weighted by Crippen LogP contribution is 2.31. The van der Waals surface area contributed by atoms with E-state index in [0.717, 1.165) is 26.1 Å². The Morgan fingerprint density at radius 3 is 2.90 bits per heavy atom. The van der Waals surface area contributed by atoms with E-state index in [4.69, 9.17) is 4.74 Å². The van der Waals surface area contributed by atoms with Gasteiger partial charge in [-0.1, -0.05) is 12.8 Å². The smallest absolute Gasteiger partial charge is 0.237 e. The van der Waals surface area contributed by atoms with E-state index in [9.17, 15) is 4.79 Å². The van der Waals surface area contributed by atoms with Gasteiger partial charge in [0.2, 0.25) is 5.91 Å². The van der Waals surface area contributed by atoms with Gasteiger partial charge in [0.1, 0.15) is 0 Å². The van der Waals surface area contributed by atoms with Crippen molar-refractivity contribution in [3.8, 4) is 0 Å². The van der Waals surface area contributed by atoms with Crippen molar-refractivity contribution in [2.24, 2.45) is 11.8 Å². The number of rotatable bonds is 3. The van der Waals surface area contributed by atoms with Crippen LogP contribution >= 0.6 is 0 Å². The van der Waals surface area contributed by atoms with Crippen molar-refractivity contribution in [2.45, 2.75) is 70.0 Å². The average molecular weight is 280 g/mol. The van der Waals surface area contributed by atoms with Crippen molar-refractivity contribution in [2.75, 3.05) is 13.2 Å². The molecule has 1 aliphatic carbocycles. The molecule has 0 aromatic rings. The van der Waals surface area contributed by atoms with Crippen molar-refractivity contribution in [1.29, 1.82) is 0 Å². The third-order valence-corrected chi connectivity index (χ3v) is 5.46. The van der Waals surface area contributed by atoms with Gasteiger partial charge in [-0.3, -0.25) is 4.79 Å². The minimum Gasteiger partial charge on any atom is -0.381 e. The number of hydrogen-bond donors (Lipinski definition) is 2. The molecule has 4 heteroatoms. The fourth-order valence-electron chi connectivity index (χ4n) is 4.13. The number of amides is 1. The lowest BCUT2D eigenvalue weighted by atomic mass is 9.77. The third-order valence-electron chi connectivity index (χ3n) is 5.46. The van der Waals surface area contributed by atoms with Crippen LogP contribution in [-0.2, 0) is 9.53 Å². The van der Waals surface area contributed by atoms with Crippen LogP contribution in [0.1, 0.15) is 51.9 Å². The molecule has 2 aliphatic heterocycles. The zero-order valence-electron chi connectivity index (χ0n) is 12.6. The Morgan fingerprint density at radius 1 is 1.25 bits per heavy atom. The Morgan fingerprint density at radius 2 is 2.10 bits per heavy atom. The van der Waals surface area contributed by atoms with Crippen LogP contribution in [0.4, 0.5) is 0 Å². The van der Waals surface area contributed by atoms with E-state index in [2.05, 4.69) is 17.6 Å². The molecule has 2 heterocycles. The van der Waals surface area contributed by atoms with E-state index in [1.807, 2.05) is 0 Å². The first-order chi connectivity index (χ1) is 9.74. The summed E-state index contributed by atoms with van der Waals surface area (Å²) in [6.45, 7) is 3.95. The van der Waals surface area contributed by atoms with Gasteiger partial charge >= 0.3 is 0 Å². The highest BCUT2D eigenvalue weighted by Gasteiger charge is 2.37. The molecule has 1 amide bonds. The van der Waals surface area contributed by atoms with E-state index in [1.165, 1.54) is 32.1 Å². The fourth-order valence-corrected chi connectivity index (χ4v) is 4.13. The minimum atomic E-state index is 0.00581. The summed E-state index contributed by atoms with van der Waals surface area (Å²) >= 11 is 0. The maximum atomic E-state index is 12.3. The number of hydrogen-bond acceptors (Lipinski definition) is 3. The average Bonchev–Trinajstić information content (AvgIpc) is 2.49. The fraction of sp³-hybridized carbons (Fsp3) is 0.938. The van der Waals surface area contributed by atoms with Gasteiger partial charge in [0.05, 0.1) is 12.6 Å². The molecule has 5 unspecified atom stereocenters. The van der Waals surface area contributed by atoms with Crippen molar-refractivity contribution in [1.82, 2.24) is 10.6 Å². The lowest BCUT2D eigenvalue weighted by molar-refractivity contribution is -0.128. The number of carbonyl (C=O) groups excluding carboxylic acids is 1. The molecule has 0 bridgehead atoms. The molecule has 0 radical (unpaired) electrons. The maximum absolute atomic E-state index is 12.3. The monoisotopic (exact) mass is 280 g/mol. The van der Waals surface area contributed by atoms with E-state index < -0.39 is 0 Å². The second-order valence-corrected chi connectivity index (χ2v) is 6.88. The van der Waals surface area contributed by atoms with Crippen LogP contribution in [0.25, 0.3) is 0 Å². The third kappa shape index (κ3) is 3.17. The number of ether oxygens (including phenoxy) is 1. The molecule has 4 nitrogen and oxygen atoms in total. The molecular formula is C16H28N2O2. The van der Waals surface area contributed by atoms with E-state index in [-0.39, 0.29) is 11.9 Å². The van der Waals surface area contributed by atoms with Crippen molar-refractivity contribution in [3.05, 3.63) is 0 Å². The highest BCUT2D eigenvalue weighted by molar-refractivity contribution is 5.83. The summed E-state index contributed by atoms with van der Waals surface area (Å²) in [4.78, 5) is 12.3. The first-order valence-electron chi connectivity index (χ1n) is 8.38. The molecule has 5 atom stereocenters. The van der Waals surface area contributed by atoms with Crippen molar-refractivity contribution >= 4 is 5.91 Å². The second-order valence-electron chi connectivity index (χ2n) is 6.88. The number of nitrogens with one attached hydrogen (secondary N) is 2. The minimum absolute atomic E-state index is 0.00581. The standard InChI is InChI=1S/C16H28N2O2/c1-11(13-6-4-8-20-10-13)17-15-9-12-5-2-3-7-14(12)18-16(15)19/h11-15,17H,2-10H2,1H3,(H,18,19). The molecule has 0 aromatic heterocycles. The largest absolute Gasteiger partial charge is 0.381 e. The van der Waals surface area contributed by atoms with Gasteiger partial charge in [-0.25, -0.2) is 0 Å². The van der Waals surface area contributed by atoms with Crippen LogP contribution in [0.15, 0.2) is 0 Å². The molecule has 1 saturated carbocycles. The Kier molecular flexibility index (Phi) is 4.61. The Hall–Kier alpha value is -0.610. The normalized spacial score (nSPS) is 39.8. The molecular weight excluding hydrogens is 252 g/mol. The predicted octanol–water partition coefficient (Wildman–Crippen LogP) is 1.84.